The van der Waals surface area contributed by atoms with Crippen LogP contribution in [0.15, 0.2) is 0 Å². The molecular weight excluding hydrogens is 393 g/mol. The van der Waals surface area contributed by atoms with E-state index in [4.69, 9.17) is 9.31 Å². The number of carbonyl (C=O) groups excluding carboxylic acids is 2. The second kappa shape index (κ2) is 8.34. The largest absolute Gasteiger partial charge is 0.457 e. The summed E-state index contributed by atoms with van der Waals surface area (Å²) in [5.41, 5.74) is -1.90. The highest BCUT2D eigenvalue weighted by molar-refractivity contribution is 6.45. The van der Waals surface area contributed by atoms with Crippen LogP contribution in [0.4, 0.5) is 0 Å². The molecule has 2 heterocycles. The Morgan fingerprint density at radius 2 is 1.74 bits per heavy atom. The van der Waals surface area contributed by atoms with Crippen molar-refractivity contribution in [3.63, 3.8) is 0 Å². The summed E-state index contributed by atoms with van der Waals surface area (Å²) in [7, 11) is -0.234. The van der Waals surface area contributed by atoms with Gasteiger partial charge in [-0.05, 0) is 86.5 Å². The number of nitrogens with one attached hydrogen (secondary N) is 3. The number of amides is 2. The Morgan fingerprint density at radius 1 is 1.13 bits per heavy atom. The third-order valence-corrected chi connectivity index (χ3v) is 7.66. The standard InChI is InChI=1S/C23H42BN3O4/c1-15(28)26-23(19(29)27-20(2,3)4)16(14-18-17(23)11-13-25-18)10-9-12-24-30-21(5,6)22(7,8)31-24/h16-18,25H,9-14H2,1-8H3,(H,26,28)(H,27,29)/t16-,17-,18-,23?/m1/s1. The number of fused-ring (bicyclic) bond motifs is 1. The fourth-order valence-electron chi connectivity index (χ4n) is 5.66. The van der Waals surface area contributed by atoms with Crippen molar-refractivity contribution in [2.75, 3.05) is 6.54 Å². The summed E-state index contributed by atoms with van der Waals surface area (Å²) < 4.78 is 12.3. The molecule has 0 spiro atoms. The third kappa shape index (κ3) is 4.81. The van der Waals surface area contributed by atoms with Crippen LogP contribution in [0.25, 0.3) is 0 Å². The van der Waals surface area contributed by atoms with Gasteiger partial charge in [0.05, 0.1) is 11.2 Å². The molecule has 8 heteroatoms. The molecule has 0 bridgehead atoms. The van der Waals surface area contributed by atoms with E-state index >= 15 is 0 Å². The third-order valence-electron chi connectivity index (χ3n) is 7.66. The van der Waals surface area contributed by atoms with Gasteiger partial charge in [-0.2, -0.15) is 0 Å². The zero-order valence-electron chi connectivity index (χ0n) is 20.7. The van der Waals surface area contributed by atoms with E-state index in [0.29, 0.717) is 0 Å². The molecule has 1 aliphatic carbocycles. The van der Waals surface area contributed by atoms with E-state index in [2.05, 4.69) is 43.6 Å². The fourth-order valence-corrected chi connectivity index (χ4v) is 5.66. The predicted octanol–water partition coefficient (Wildman–Crippen LogP) is 2.65. The van der Waals surface area contributed by atoms with Crippen LogP contribution < -0.4 is 16.0 Å². The molecule has 31 heavy (non-hydrogen) atoms. The Labute approximate surface area is 188 Å². The zero-order valence-corrected chi connectivity index (χ0v) is 20.7. The molecule has 3 rings (SSSR count). The first-order chi connectivity index (χ1) is 14.2. The summed E-state index contributed by atoms with van der Waals surface area (Å²) in [6, 6.07) is 0.263. The minimum atomic E-state index is -0.872. The molecule has 2 saturated heterocycles. The van der Waals surface area contributed by atoms with Gasteiger partial charge in [0, 0.05) is 24.4 Å². The van der Waals surface area contributed by atoms with Crippen LogP contribution in [0.5, 0.6) is 0 Å². The van der Waals surface area contributed by atoms with Gasteiger partial charge in [0.25, 0.3) is 0 Å². The molecule has 2 amide bonds. The first kappa shape index (κ1) is 24.5. The molecule has 3 aliphatic rings. The van der Waals surface area contributed by atoms with Crippen LogP contribution in [0, 0.1) is 11.8 Å². The molecule has 0 aromatic heterocycles. The molecule has 0 radical (unpaired) electrons. The predicted molar refractivity (Wildman–Crippen MR) is 123 cm³/mol. The van der Waals surface area contributed by atoms with E-state index in [1.54, 1.807) is 0 Å². The van der Waals surface area contributed by atoms with Crippen molar-refractivity contribution >= 4 is 18.9 Å². The summed E-state index contributed by atoms with van der Waals surface area (Å²) in [6.07, 6.45) is 4.30. The summed E-state index contributed by atoms with van der Waals surface area (Å²) >= 11 is 0. The van der Waals surface area contributed by atoms with Gasteiger partial charge in [0.2, 0.25) is 11.8 Å². The summed E-state index contributed by atoms with van der Waals surface area (Å²) in [6.45, 7) is 16.6. The molecule has 3 N–H and O–H groups in total. The van der Waals surface area contributed by atoms with E-state index in [-0.39, 0.29) is 53.6 Å². The van der Waals surface area contributed by atoms with E-state index in [1.165, 1.54) is 6.92 Å². The second-order valence-electron chi connectivity index (χ2n) is 11.8. The van der Waals surface area contributed by atoms with Crippen LogP contribution >= 0.6 is 0 Å². The molecule has 1 saturated carbocycles. The Kier molecular flexibility index (Phi) is 6.60. The van der Waals surface area contributed by atoms with E-state index < -0.39 is 5.54 Å². The normalized spacial score (nSPS) is 33.9. The van der Waals surface area contributed by atoms with Gasteiger partial charge in [-0.3, -0.25) is 9.59 Å². The van der Waals surface area contributed by atoms with Crippen LogP contribution in [-0.4, -0.2) is 53.8 Å². The quantitative estimate of drug-likeness (QED) is 0.559. The first-order valence-electron chi connectivity index (χ1n) is 11.9. The molecule has 3 fully saturated rings. The lowest BCUT2D eigenvalue weighted by molar-refractivity contribution is -0.138. The van der Waals surface area contributed by atoms with E-state index in [9.17, 15) is 9.59 Å². The van der Waals surface area contributed by atoms with Gasteiger partial charge in [-0.25, -0.2) is 0 Å². The van der Waals surface area contributed by atoms with Gasteiger partial charge in [0.1, 0.15) is 5.54 Å². The molecule has 2 aliphatic heterocycles. The topological polar surface area (TPSA) is 88.7 Å². The highest BCUT2D eigenvalue weighted by Gasteiger charge is 2.61. The summed E-state index contributed by atoms with van der Waals surface area (Å²) in [5, 5.41) is 9.89. The fraction of sp³-hybridized carbons (Fsp3) is 0.913. The molecule has 1 unspecified atom stereocenters. The van der Waals surface area contributed by atoms with Crippen molar-refractivity contribution in [3.8, 4) is 0 Å². The lowest BCUT2D eigenvalue weighted by Crippen LogP contribution is -2.66. The highest BCUT2D eigenvalue weighted by Crippen LogP contribution is 2.48. The van der Waals surface area contributed by atoms with Crippen LogP contribution in [0.3, 0.4) is 0 Å². The zero-order chi connectivity index (χ0) is 23.2. The number of carbonyl (C=O) groups is 2. The van der Waals surface area contributed by atoms with Crippen molar-refractivity contribution in [3.05, 3.63) is 0 Å². The maximum Gasteiger partial charge on any atom is 0.457 e. The van der Waals surface area contributed by atoms with Gasteiger partial charge in [-0.15, -0.1) is 0 Å². The monoisotopic (exact) mass is 435 g/mol. The SMILES string of the molecule is CC(=O)NC1(C(=O)NC(C)(C)C)[C@H](CCCB2OC(C)(C)C(C)(C)O2)C[C@H]2NCC[C@H]21. The van der Waals surface area contributed by atoms with E-state index in [1.807, 2.05) is 20.8 Å². The maximum atomic E-state index is 13.7. The van der Waals surface area contributed by atoms with Gasteiger partial charge >= 0.3 is 7.12 Å². The average Bonchev–Trinajstić information content (AvgIpc) is 3.19. The van der Waals surface area contributed by atoms with Crippen molar-refractivity contribution in [1.82, 2.24) is 16.0 Å². The minimum Gasteiger partial charge on any atom is -0.403 e. The maximum absolute atomic E-state index is 13.7. The Hall–Kier alpha value is -1.12. The minimum absolute atomic E-state index is 0.0490. The lowest BCUT2D eigenvalue weighted by Gasteiger charge is -2.41. The smallest absolute Gasteiger partial charge is 0.403 e. The second-order valence-corrected chi connectivity index (χ2v) is 11.8. The van der Waals surface area contributed by atoms with Gasteiger partial charge in [-0.1, -0.05) is 6.42 Å². The summed E-state index contributed by atoms with van der Waals surface area (Å²) in [5.74, 6) is -0.0100. The van der Waals surface area contributed by atoms with Crippen molar-refractivity contribution < 1.29 is 18.9 Å². The number of rotatable bonds is 6. The number of hydrogen-bond acceptors (Lipinski definition) is 5. The van der Waals surface area contributed by atoms with E-state index in [0.717, 1.165) is 38.5 Å². The number of hydrogen-bond donors (Lipinski definition) is 3. The van der Waals surface area contributed by atoms with Crippen LogP contribution in [-0.2, 0) is 18.9 Å². The van der Waals surface area contributed by atoms with Crippen LogP contribution in [0.1, 0.15) is 81.1 Å². The van der Waals surface area contributed by atoms with Crippen molar-refractivity contribution in [2.45, 2.75) is 116 Å². The van der Waals surface area contributed by atoms with Gasteiger partial charge < -0.3 is 25.3 Å². The Balaban J connectivity index is 1.75. The van der Waals surface area contributed by atoms with Crippen LogP contribution in [0.2, 0.25) is 6.32 Å². The molecule has 4 atom stereocenters. The van der Waals surface area contributed by atoms with Gasteiger partial charge in [0.15, 0.2) is 0 Å². The molecule has 176 valence electrons. The molecule has 0 aromatic rings. The average molecular weight is 435 g/mol. The molecular formula is C23H42BN3O4. The summed E-state index contributed by atoms with van der Waals surface area (Å²) in [4.78, 5) is 25.9. The Morgan fingerprint density at radius 3 is 2.29 bits per heavy atom. The highest BCUT2D eigenvalue weighted by atomic mass is 16.7. The molecule has 0 aromatic carbocycles. The van der Waals surface area contributed by atoms with Crippen molar-refractivity contribution in [1.29, 1.82) is 0 Å². The lowest BCUT2D eigenvalue weighted by atomic mass is 9.73. The van der Waals surface area contributed by atoms with Crippen molar-refractivity contribution in [2.24, 2.45) is 11.8 Å². The molecule has 7 nitrogen and oxygen atoms in total. The first-order valence-corrected chi connectivity index (χ1v) is 11.9. The Bertz CT molecular complexity index is 689.